The van der Waals surface area contributed by atoms with Gasteiger partial charge < -0.3 is 15.4 Å². The summed E-state index contributed by atoms with van der Waals surface area (Å²) in [5, 5.41) is 36.4. The van der Waals surface area contributed by atoms with Crippen LogP contribution < -0.4 is 15.8 Å². The van der Waals surface area contributed by atoms with Gasteiger partial charge in [0.15, 0.2) is 0 Å². The summed E-state index contributed by atoms with van der Waals surface area (Å²) >= 11 is 0. The van der Waals surface area contributed by atoms with Crippen molar-refractivity contribution in [3.63, 3.8) is 0 Å². The summed E-state index contributed by atoms with van der Waals surface area (Å²) in [6.45, 7) is 0.609. The second-order valence-corrected chi connectivity index (χ2v) is 5.22. The second kappa shape index (κ2) is 8.21. The minimum Gasteiger partial charge on any atom is -0.395 e. The molecule has 0 heterocycles. The van der Waals surface area contributed by atoms with E-state index < -0.39 is 0 Å². The molecule has 0 saturated carbocycles. The predicted octanol–water partition coefficient (Wildman–Crippen LogP) is 2.17. The Morgan fingerprint density at radius 1 is 0.960 bits per heavy atom. The van der Waals surface area contributed by atoms with Gasteiger partial charge in [0.25, 0.3) is 0 Å². The Hall–Kier alpha value is -3.73. The van der Waals surface area contributed by atoms with Gasteiger partial charge in [-0.15, -0.1) is 0 Å². The molecule has 0 spiro atoms. The van der Waals surface area contributed by atoms with Crippen molar-refractivity contribution in [3.05, 3.63) is 53.1 Å². The van der Waals surface area contributed by atoms with Crippen LogP contribution in [0.4, 0.5) is 17.1 Å². The van der Waals surface area contributed by atoms with E-state index in [2.05, 4.69) is 10.9 Å². The van der Waals surface area contributed by atoms with Crippen LogP contribution >= 0.6 is 0 Å². The van der Waals surface area contributed by atoms with E-state index in [1.54, 1.807) is 0 Å². The minimum absolute atomic E-state index is 0.0740. The zero-order valence-electron chi connectivity index (χ0n) is 13.6. The van der Waals surface area contributed by atoms with E-state index in [0.717, 1.165) is 11.4 Å². The number of nitriles is 3. The van der Waals surface area contributed by atoms with Gasteiger partial charge in [-0.1, -0.05) is 0 Å². The standard InChI is InChI=1S/C18H16N6O/c1-24(6-7-25)17-4-2-16(3-5-17)22-23-18-14(11-20)8-13(10-19)9-15(18)12-21/h2-5,8-9,22-23,25H,6-7H2,1H3. The first-order chi connectivity index (χ1) is 12.1. The van der Waals surface area contributed by atoms with Crippen LogP contribution in [0.3, 0.4) is 0 Å². The number of anilines is 3. The number of aliphatic hydroxyl groups is 1. The van der Waals surface area contributed by atoms with Gasteiger partial charge in [0.2, 0.25) is 0 Å². The Balaban J connectivity index is 2.18. The molecule has 0 aliphatic rings. The molecule has 2 rings (SSSR count). The molecule has 2 aromatic carbocycles. The lowest BCUT2D eigenvalue weighted by molar-refractivity contribution is 0.304. The molecule has 0 aliphatic carbocycles. The summed E-state index contributed by atoms with van der Waals surface area (Å²) in [5.41, 5.74) is 8.50. The van der Waals surface area contributed by atoms with Gasteiger partial charge >= 0.3 is 0 Å². The Morgan fingerprint density at radius 3 is 2.04 bits per heavy atom. The summed E-state index contributed by atoms with van der Waals surface area (Å²) in [4.78, 5) is 1.92. The largest absolute Gasteiger partial charge is 0.395 e. The minimum atomic E-state index is 0.0740. The molecule has 2 aromatic rings. The highest BCUT2D eigenvalue weighted by atomic mass is 16.3. The Labute approximate surface area is 145 Å². The van der Waals surface area contributed by atoms with Gasteiger partial charge in [0.1, 0.15) is 12.1 Å². The molecule has 124 valence electrons. The first-order valence-electron chi connectivity index (χ1n) is 7.45. The van der Waals surface area contributed by atoms with E-state index in [1.165, 1.54) is 12.1 Å². The number of hydrazine groups is 1. The molecule has 0 aromatic heterocycles. The second-order valence-electron chi connectivity index (χ2n) is 5.22. The number of benzene rings is 2. The molecule has 7 heteroatoms. The predicted molar refractivity (Wildman–Crippen MR) is 94.6 cm³/mol. The van der Waals surface area contributed by atoms with E-state index >= 15 is 0 Å². The fourth-order valence-corrected chi connectivity index (χ4v) is 2.23. The summed E-state index contributed by atoms with van der Waals surface area (Å²) in [5.74, 6) is 0. The van der Waals surface area contributed by atoms with E-state index in [9.17, 15) is 10.5 Å². The van der Waals surface area contributed by atoms with E-state index in [0.29, 0.717) is 12.2 Å². The van der Waals surface area contributed by atoms with Crippen molar-refractivity contribution in [3.8, 4) is 18.2 Å². The van der Waals surface area contributed by atoms with Crippen molar-refractivity contribution in [1.82, 2.24) is 0 Å². The van der Waals surface area contributed by atoms with Crippen LogP contribution in [0.25, 0.3) is 0 Å². The van der Waals surface area contributed by atoms with Gasteiger partial charge in [-0.2, -0.15) is 15.8 Å². The van der Waals surface area contributed by atoms with Gasteiger partial charge in [-0.05, 0) is 36.4 Å². The third-order valence-electron chi connectivity index (χ3n) is 3.58. The zero-order chi connectivity index (χ0) is 18.2. The van der Waals surface area contributed by atoms with Crippen LogP contribution in [0.2, 0.25) is 0 Å². The maximum Gasteiger partial charge on any atom is 0.101 e. The molecule has 0 radical (unpaired) electrons. The smallest absolute Gasteiger partial charge is 0.101 e. The third-order valence-corrected chi connectivity index (χ3v) is 3.58. The number of nitrogens with one attached hydrogen (secondary N) is 2. The molecule has 0 amide bonds. The normalized spacial score (nSPS) is 9.40. The fourth-order valence-electron chi connectivity index (χ4n) is 2.23. The average Bonchev–Trinajstić information content (AvgIpc) is 2.66. The maximum absolute atomic E-state index is 9.24. The first kappa shape index (κ1) is 17.6. The molecule has 3 N–H and O–H groups in total. The number of hydrogen-bond donors (Lipinski definition) is 3. The maximum atomic E-state index is 9.24. The molecule has 7 nitrogen and oxygen atoms in total. The summed E-state index contributed by atoms with van der Waals surface area (Å²) in [6.07, 6.45) is 0. The fraction of sp³-hybridized carbons (Fsp3) is 0.167. The van der Waals surface area contributed by atoms with Gasteiger partial charge in [0.05, 0.1) is 40.7 Å². The number of hydrogen-bond acceptors (Lipinski definition) is 7. The lowest BCUT2D eigenvalue weighted by atomic mass is 10.0. The first-order valence-corrected chi connectivity index (χ1v) is 7.45. The van der Waals surface area contributed by atoms with E-state index in [-0.39, 0.29) is 23.3 Å². The number of nitrogens with zero attached hydrogens (tertiary/aromatic N) is 4. The van der Waals surface area contributed by atoms with Gasteiger partial charge in [-0.3, -0.25) is 5.43 Å². The van der Waals surface area contributed by atoms with Crippen LogP contribution in [0, 0.1) is 34.0 Å². The molecule has 0 aliphatic heterocycles. The number of likely N-dealkylation sites (N-methyl/N-ethyl adjacent to an activating group) is 1. The summed E-state index contributed by atoms with van der Waals surface area (Å²) in [6, 6.07) is 16.2. The number of rotatable bonds is 6. The van der Waals surface area contributed by atoms with Crippen LogP contribution in [-0.4, -0.2) is 25.3 Å². The monoisotopic (exact) mass is 332 g/mol. The molecule has 0 bridgehead atoms. The topological polar surface area (TPSA) is 119 Å². The van der Waals surface area contributed by atoms with Crippen molar-refractivity contribution < 1.29 is 5.11 Å². The van der Waals surface area contributed by atoms with Crippen LogP contribution in [0.5, 0.6) is 0 Å². The van der Waals surface area contributed by atoms with Crippen molar-refractivity contribution >= 4 is 17.1 Å². The highest BCUT2D eigenvalue weighted by Crippen LogP contribution is 2.23. The van der Waals surface area contributed by atoms with E-state index in [4.69, 9.17) is 10.4 Å². The molecule has 25 heavy (non-hydrogen) atoms. The highest BCUT2D eigenvalue weighted by Gasteiger charge is 2.11. The zero-order valence-corrected chi connectivity index (χ0v) is 13.6. The van der Waals surface area contributed by atoms with Crippen LogP contribution in [0.15, 0.2) is 36.4 Å². The van der Waals surface area contributed by atoms with Crippen LogP contribution in [-0.2, 0) is 0 Å². The van der Waals surface area contributed by atoms with Gasteiger partial charge in [-0.25, -0.2) is 0 Å². The quantitative estimate of drug-likeness (QED) is 0.693. The lowest BCUT2D eigenvalue weighted by Gasteiger charge is -2.18. The lowest BCUT2D eigenvalue weighted by Crippen LogP contribution is -2.21. The Bertz CT molecular complexity index is 835. The van der Waals surface area contributed by atoms with Crippen molar-refractivity contribution in [2.75, 3.05) is 36.0 Å². The average molecular weight is 332 g/mol. The Kier molecular flexibility index (Phi) is 5.79. The summed E-state index contributed by atoms with van der Waals surface area (Å²) < 4.78 is 0. The molecule has 0 atom stereocenters. The van der Waals surface area contributed by atoms with Crippen LogP contribution in [0.1, 0.15) is 16.7 Å². The summed E-state index contributed by atoms with van der Waals surface area (Å²) in [7, 11) is 1.88. The molecular formula is C18H16N6O. The SMILES string of the molecule is CN(CCO)c1ccc(NNc2c(C#N)cc(C#N)cc2C#N)cc1. The molecule has 0 unspecified atom stereocenters. The third kappa shape index (κ3) is 4.17. The van der Waals surface area contributed by atoms with Crippen molar-refractivity contribution in [2.45, 2.75) is 0 Å². The number of aliphatic hydroxyl groups excluding tert-OH is 1. The highest BCUT2D eigenvalue weighted by molar-refractivity contribution is 5.71. The molecular weight excluding hydrogens is 316 g/mol. The van der Waals surface area contributed by atoms with E-state index in [1.807, 2.05) is 54.4 Å². The molecule has 0 fully saturated rings. The van der Waals surface area contributed by atoms with Crippen molar-refractivity contribution in [1.29, 1.82) is 15.8 Å². The van der Waals surface area contributed by atoms with Gasteiger partial charge in [0, 0.05) is 19.3 Å². The Morgan fingerprint density at radius 2 is 1.56 bits per heavy atom. The van der Waals surface area contributed by atoms with Crippen molar-refractivity contribution in [2.24, 2.45) is 0 Å². The molecule has 0 saturated heterocycles.